The second-order valence-electron chi connectivity index (χ2n) is 6.70. The summed E-state index contributed by atoms with van der Waals surface area (Å²) in [4.78, 5) is 21.7. The number of carbonyl (C=O) groups is 1. The Balaban J connectivity index is 1.39. The number of carboxylic acid groups (broad SMARTS) is 1. The summed E-state index contributed by atoms with van der Waals surface area (Å²) in [5.41, 5.74) is 3.55. The highest BCUT2D eigenvalue weighted by Gasteiger charge is 2.23. The summed E-state index contributed by atoms with van der Waals surface area (Å²) in [6.45, 7) is 2.80. The molecule has 0 atom stereocenters. The molecule has 2 N–H and O–H groups in total. The van der Waals surface area contributed by atoms with E-state index >= 15 is 0 Å². The van der Waals surface area contributed by atoms with Gasteiger partial charge in [-0.1, -0.05) is 24.3 Å². The van der Waals surface area contributed by atoms with Gasteiger partial charge < -0.3 is 10.1 Å². The van der Waals surface area contributed by atoms with Crippen molar-refractivity contribution in [2.24, 2.45) is 0 Å². The summed E-state index contributed by atoms with van der Waals surface area (Å²) in [6, 6.07) is 15.4. The average molecular weight is 335 g/mol. The number of carboxylic acids is 1. The third-order valence-corrected chi connectivity index (χ3v) is 4.96. The molecule has 5 heteroatoms. The highest BCUT2D eigenvalue weighted by atomic mass is 16.4. The molecule has 0 spiro atoms. The molecule has 1 aromatic heterocycles. The van der Waals surface area contributed by atoms with Crippen LogP contribution in [0, 0.1) is 0 Å². The third kappa shape index (κ3) is 3.42. The maximum absolute atomic E-state index is 11.1. The number of hydrogen-bond donors (Lipinski definition) is 2. The number of para-hydroxylation sites is 2. The van der Waals surface area contributed by atoms with Crippen LogP contribution in [0.4, 0.5) is 0 Å². The van der Waals surface area contributed by atoms with Gasteiger partial charge in [-0.25, -0.2) is 9.78 Å². The van der Waals surface area contributed by atoms with Crippen LogP contribution >= 0.6 is 0 Å². The van der Waals surface area contributed by atoms with Crippen molar-refractivity contribution in [1.29, 1.82) is 0 Å². The SMILES string of the molecule is O=C(O)c1cccc(CN2CCC(c3nc4ccccc4[nH]3)CC2)c1. The van der Waals surface area contributed by atoms with Crippen molar-refractivity contribution in [1.82, 2.24) is 14.9 Å². The molecule has 5 nitrogen and oxygen atoms in total. The molecular formula is C20H21N3O2. The summed E-state index contributed by atoms with van der Waals surface area (Å²) >= 11 is 0. The van der Waals surface area contributed by atoms with Crippen LogP contribution in [0.2, 0.25) is 0 Å². The quantitative estimate of drug-likeness (QED) is 0.764. The van der Waals surface area contributed by atoms with Crippen LogP contribution in [0.1, 0.15) is 40.5 Å². The number of benzene rings is 2. The molecule has 3 aromatic rings. The highest BCUT2D eigenvalue weighted by molar-refractivity contribution is 5.87. The maximum atomic E-state index is 11.1. The highest BCUT2D eigenvalue weighted by Crippen LogP contribution is 2.28. The number of imidazole rings is 1. The third-order valence-electron chi connectivity index (χ3n) is 4.96. The topological polar surface area (TPSA) is 69.2 Å². The van der Waals surface area contributed by atoms with Gasteiger partial charge in [0.15, 0.2) is 0 Å². The number of fused-ring (bicyclic) bond motifs is 1. The van der Waals surface area contributed by atoms with Crippen LogP contribution in [0.3, 0.4) is 0 Å². The van der Waals surface area contributed by atoms with E-state index in [4.69, 9.17) is 10.1 Å². The lowest BCUT2D eigenvalue weighted by atomic mass is 9.95. The van der Waals surface area contributed by atoms with Crippen molar-refractivity contribution >= 4 is 17.0 Å². The predicted molar refractivity (Wildman–Crippen MR) is 96.7 cm³/mol. The van der Waals surface area contributed by atoms with Gasteiger partial charge in [-0.05, 0) is 55.8 Å². The van der Waals surface area contributed by atoms with Gasteiger partial charge in [-0.2, -0.15) is 0 Å². The van der Waals surface area contributed by atoms with Gasteiger partial charge in [0.2, 0.25) is 0 Å². The second kappa shape index (κ2) is 6.69. The monoisotopic (exact) mass is 335 g/mol. The Morgan fingerprint density at radius 2 is 1.96 bits per heavy atom. The van der Waals surface area contributed by atoms with Gasteiger partial charge in [-0.3, -0.25) is 4.90 Å². The minimum absolute atomic E-state index is 0.356. The van der Waals surface area contributed by atoms with Gasteiger partial charge >= 0.3 is 5.97 Å². The second-order valence-corrected chi connectivity index (χ2v) is 6.70. The maximum Gasteiger partial charge on any atom is 0.335 e. The first-order valence-corrected chi connectivity index (χ1v) is 8.68. The van der Waals surface area contributed by atoms with E-state index < -0.39 is 5.97 Å². The predicted octanol–water partition coefficient (Wildman–Crippen LogP) is 3.64. The number of H-pyrrole nitrogens is 1. The fourth-order valence-corrected chi connectivity index (χ4v) is 3.59. The molecule has 4 rings (SSSR count). The fraction of sp³-hybridized carbons (Fsp3) is 0.300. The van der Waals surface area contributed by atoms with Gasteiger partial charge in [0, 0.05) is 12.5 Å². The molecule has 25 heavy (non-hydrogen) atoms. The summed E-state index contributed by atoms with van der Waals surface area (Å²) in [6.07, 6.45) is 2.14. The Bertz CT molecular complexity index is 862. The number of aromatic amines is 1. The van der Waals surface area contributed by atoms with Gasteiger partial charge in [0.25, 0.3) is 0 Å². The first kappa shape index (κ1) is 15.8. The van der Waals surface area contributed by atoms with E-state index in [0.29, 0.717) is 11.5 Å². The van der Waals surface area contributed by atoms with E-state index in [0.717, 1.165) is 54.9 Å². The molecular weight excluding hydrogens is 314 g/mol. The molecule has 128 valence electrons. The van der Waals surface area contributed by atoms with Crippen molar-refractivity contribution in [2.75, 3.05) is 13.1 Å². The summed E-state index contributed by atoms with van der Waals surface area (Å²) in [5, 5.41) is 9.11. The molecule has 1 aliphatic rings. The Morgan fingerprint density at radius 1 is 1.16 bits per heavy atom. The summed E-state index contributed by atoms with van der Waals surface area (Å²) in [5.74, 6) is 0.688. The minimum Gasteiger partial charge on any atom is -0.478 e. The number of hydrogen-bond acceptors (Lipinski definition) is 3. The van der Waals surface area contributed by atoms with E-state index in [-0.39, 0.29) is 0 Å². The van der Waals surface area contributed by atoms with Crippen LogP contribution < -0.4 is 0 Å². The fourth-order valence-electron chi connectivity index (χ4n) is 3.59. The number of nitrogens with one attached hydrogen (secondary N) is 1. The van der Waals surface area contributed by atoms with Crippen molar-refractivity contribution in [3.63, 3.8) is 0 Å². The molecule has 1 aliphatic heterocycles. The molecule has 1 saturated heterocycles. The lowest BCUT2D eigenvalue weighted by Crippen LogP contribution is -2.32. The van der Waals surface area contributed by atoms with E-state index in [1.165, 1.54) is 0 Å². The molecule has 0 radical (unpaired) electrons. The van der Waals surface area contributed by atoms with Crippen molar-refractivity contribution in [3.05, 3.63) is 65.5 Å². The van der Waals surface area contributed by atoms with Crippen LogP contribution in [0.25, 0.3) is 11.0 Å². The van der Waals surface area contributed by atoms with E-state index in [1.54, 1.807) is 12.1 Å². The zero-order valence-corrected chi connectivity index (χ0v) is 14.0. The van der Waals surface area contributed by atoms with Crippen LogP contribution in [0.5, 0.6) is 0 Å². The Kier molecular flexibility index (Phi) is 4.24. The molecule has 2 heterocycles. The van der Waals surface area contributed by atoms with Crippen LogP contribution in [-0.4, -0.2) is 39.0 Å². The van der Waals surface area contributed by atoms with Crippen molar-refractivity contribution in [2.45, 2.75) is 25.3 Å². The molecule has 0 unspecified atom stereocenters. The molecule has 0 saturated carbocycles. The molecule has 1 fully saturated rings. The summed E-state index contributed by atoms with van der Waals surface area (Å²) < 4.78 is 0. The number of piperidine rings is 1. The summed E-state index contributed by atoms with van der Waals surface area (Å²) in [7, 11) is 0. The number of nitrogens with zero attached hydrogens (tertiary/aromatic N) is 2. The number of likely N-dealkylation sites (tertiary alicyclic amines) is 1. The molecule has 2 aromatic carbocycles. The lowest BCUT2D eigenvalue weighted by Gasteiger charge is -2.31. The minimum atomic E-state index is -0.870. The van der Waals surface area contributed by atoms with Gasteiger partial charge in [0.1, 0.15) is 5.82 Å². The largest absolute Gasteiger partial charge is 0.478 e. The standard InChI is InChI=1S/C20H21N3O2/c24-20(25)16-5-3-4-14(12-16)13-23-10-8-15(9-11-23)19-21-17-6-1-2-7-18(17)22-19/h1-7,12,15H,8-11,13H2,(H,21,22)(H,24,25). The Morgan fingerprint density at radius 3 is 2.72 bits per heavy atom. The van der Waals surface area contributed by atoms with E-state index in [9.17, 15) is 4.79 Å². The van der Waals surface area contributed by atoms with Crippen LogP contribution in [0.15, 0.2) is 48.5 Å². The van der Waals surface area contributed by atoms with Gasteiger partial charge in [-0.15, -0.1) is 0 Å². The Labute approximate surface area is 146 Å². The lowest BCUT2D eigenvalue weighted by molar-refractivity contribution is 0.0696. The first-order chi connectivity index (χ1) is 12.2. The zero-order chi connectivity index (χ0) is 17.2. The van der Waals surface area contributed by atoms with Crippen molar-refractivity contribution in [3.8, 4) is 0 Å². The first-order valence-electron chi connectivity index (χ1n) is 8.68. The number of aromatic carboxylic acids is 1. The van der Waals surface area contributed by atoms with E-state index in [1.807, 2.05) is 30.3 Å². The molecule has 0 amide bonds. The van der Waals surface area contributed by atoms with Gasteiger partial charge in [0.05, 0.1) is 16.6 Å². The number of rotatable bonds is 4. The average Bonchev–Trinajstić information content (AvgIpc) is 3.07. The van der Waals surface area contributed by atoms with Crippen molar-refractivity contribution < 1.29 is 9.90 Å². The molecule has 0 bridgehead atoms. The normalized spacial score (nSPS) is 16.3. The van der Waals surface area contributed by atoms with Crippen LogP contribution in [-0.2, 0) is 6.54 Å². The Hall–Kier alpha value is -2.66. The molecule has 0 aliphatic carbocycles. The zero-order valence-electron chi connectivity index (χ0n) is 14.0. The number of aromatic nitrogens is 2. The smallest absolute Gasteiger partial charge is 0.335 e. The van der Waals surface area contributed by atoms with E-state index in [2.05, 4.69) is 16.0 Å².